The molecule has 1 aliphatic rings. The molecule has 0 saturated heterocycles. The summed E-state index contributed by atoms with van der Waals surface area (Å²) in [5.74, 6) is 0.0777. The first-order chi connectivity index (χ1) is 19.4. The third-order valence-corrected chi connectivity index (χ3v) is 6.66. The maximum Gasteiger partial charge on any atom is 0.262 e. The number of hydrogen-bond donors (Lipinski definition) is 0. The van der Waals surface area contributed by atoms with E-state index in [-0.39, 0.29) is 25.3 Å². The van der Waals surface area contributed by atoms with Gasteiger partial charge in [-0.3, -0.25) is 9.59 Å². The number of amides is 2. The van der Waals surface area contributed by atoms with Gasteiger partial charge in [-0.25, -0.2) is 9.40 Å². The summed E-state index contributed by atoms with van der Waals surface area (Å²) in [7, 11) is 6.18. The topological polar surface area (TPSA) is 89.9 Å². The van der Waals surface area contributed by atoms with Crippen molar-refractivity contribution in [3.63, 3.8) is 0 Å². The lowest BCUT2D eigenvalue weighted by Crippen LogP contribution is -2.43. The predicted molar refractivity (Wildman–Crippen MR) is 147 cm³/mol. The van der Waals surface area contributed by atoms with Gasteiger partial charge in [0.05, 0.1) is 45.3 Å². The quantitative estimate of drug-likeness (QED) is 0.354. The van der Waals surface area contributed by atoms with Gasteiger partial charge in [0.25, 0.3) is 11.8 Å². The van der Waals surface area contributed by atoms with Gasteiger partial charge in [-0.2, -0.15) is 5.10 Å². The van der Waals surface area contributed by atoms with Crippen LogP contribution >= 0.6 is 0 Å². The zero-order valence-electron chi connectivity index (χ0n) is 22.9. The van der Waals surface area contributed by atoms with Crippen molar-refractivity contribution < 1.29 is 32.9 Å². The second-order valence-corrected chi connectivity index (χ2v) is 9.05. The number of rotatable bonds is 11. The molecule has 1 heterocycles. The minimum Gasteiger partial charge on any atom is -0.497 e. The molecule has 0 bridgehead atoms. The fourth-order valence-electron chi connectivity index (χ4n) is 4.51. The van der Waals surface area contributed by atoms with Gasteiger partial charge in [0.15, 0.2) is 11.5 Å². The normalized spacial score (nSPS) is 14.5. The predicted octanol–water partition coefficient (Wildman–Crippen LogP) is 4.32. The third kappa shape index (κ3) is 6.23. The maximum atomic E-state index is 14.4. The lowest BCUT2D eigenvalue weighted by Gasteiger charge is -2.27. The standard InChI is InChI=1S/C30H32FN3O6/c1-37-16-15-33(30(36)23-7-5-6-8-24(23)31)19-29(35)34-26(21-11-14-27(39-3)28(17-21)40-4)18-25(32-34)20-9-12-22(38-2)13-10-20/h5-14,17,26H,15-16,18-19H2,1-4H3. The molecule has 40 heavy (non-hydrogen) atoms. The molecule has 0 N–H and O–H groups in total. The van der Waals surface area contributed by atoms with Crippen molar-refractivity contribution in [2.24, 2.45) is 5.10 Å². The number of hydrogen-bond acceptors (Lipinski definition) is 7. The van der Waals surface area contributed by atoms with E-state index in [1.165, 1.54) is 35.2 Å². The van der Waals surface area contributed by atoms with Crippen molar-refractivity contribution in [3.05, 3.63) is 89.2 Å². The van der Waals surface area contributed by atoms with Crippen molar-refractivity contribution in [1.29, 1.82) is 0 Å². The Labute approximate surface area is 232 Å². The zero-order valence-corrected chi connectivity index (χ0v) is 22.9. The second-order valence-electron chi connectivity index (χ2n) is 9.05. The van der Waals surface area contributed by atoms with Crippen LogP contribution < -0.4 is 14.2 Å². The van der Waals surface area contributed by atoms with E-state index in [0.717, 1.165) is 11.1 Å². The summed E-state index contributed by atoms with van der Waals surface area (Å²) < 4.78 is 35.7. The van der Waals surface area contributed by atoms with E-state index in [9.17, 15) is 14.0 Å². The first-order valence-electron chi connectivity index (χ1n) is 12.7. The summed E-state index contributed by atoms with van der Waals surface area (Å²) in [6.45, 7) is -0.0496. The van der Waals surface area contributed by atoms with Crippen LogP contribution in [0.15, 0.2) is 71.8 Å². The molecule has 0 aliphatic carbocycles. The molecule has 1 aliphatic heterocycles. The number of nitrogens with zero attached hydrogens (tertiary/aromatic N) is 3. The van der Waals surface area contributed by atoms with Gasteiger partial charge in [0, 0.05) is 20.1 Å². The molecule has 0 spiro atoms. The molecule has 4 rings (SSSR count). The van der Waals surface area contributed by atoms with Crippen LogP contribution in [0, 0.1) is 5.82 Å². The molecular formula is C30H32FN3O6. The van der Waals surface area contributed by atoms with E-state index < -0.39 is 23.7 Å². The monoisotopic (exact) mass is 549 g/mol. The largest absolute Gasteiger partial charge is 0.497 e. The van der Waals surface area contributed by atoms with Gasteiger partial charge in [0.1, 0.15) is 18.1 Å². The van der Waals surface area contributed by atoms with Crippen molar-refractivity contribution in [2.45, 2.75) is 12.5 Å². The van der Waals surface area contributed by atoms with Crippen molar-refractivity contribution in [1.82, 2.24) is 9.91 Å². The number of benzene rings is 3. The van der Waals surface area contributed by atoms with E-state index in [0.29, 0.717) is 29.4 Å². The van der Waals surface area contributed by atoms with Crippen LogP contribution in [-0.4, -0.2) is 75.6 Å². The van der Waals surface area contributed by atoms with Gasteiger partial charge >= 0.3 is 0 Å². The Hall–Kier alpha value is -4.44. The molecule has 3 aromatic carbocycles. The van der Waals surface area contributed by atoms with Crippen molar-refractivity contribution in [3.8, 4) is 17.2 Å². The highest BCUT2D eigenvalue weighted by molar-refractivity contribution is 6.04. The average Bonchev–Trinajstić information content (AvgIpc) is 3.44. The van der Waals surface area contributed by atoms with Crippen LogP contribution in [0.3, 0.4) is 0 Å². The summed E-state index contributed by atoms with van der Waals surface area (Å²) >= 11 is 0. The summed E-state index contributed by atoms with van der Waals surface area (Å²) in [6, 6.07) is 18.1. The lowest BCUT2D eigenvalue weighted by atomic mass is 9.98. The molecule has 3 aromatic rings. The Balaban J connectivity index is 1.68. The first kappa shape index (κ1) is 28.6. The van der Waals surface area contributed by atoms with E-state index in [1.807, 2.05) is 36.4 Å². The van der Waals surface area contributed by atoms with Gasteiger partial charge in [0.2, 0.25) is 0 Å². The number of hydrazone groups is 1. The molecule has 2 amide bonds. The number of ether oxygens (including phenoxy) is 4. The van der Waals surface area contributed by atoms with Crippen LogP contribution in [0.1, 0.15) is 33.9 Å². The Morgan fingerprint density at radius 1 is 0.950 bits per heavy atom. The lowest BCUT2D eigenvalue weighted by molar-refractivity contribution is -0.133. The highest BCUT2D eigenvalue weighted by Crippen LogP contribution is 2.37. The molecule has 1 unspecified atom stereocenters. The average molecular weight is 550 g/mol. The summed E-state index contributed by atoms with van der Waals surface area (Å²) in [6.07, 6.45) is 0.423. The van der Waals surface area contributed by atoms with Crippen LogP contribution in [0.5, 0.6) is 17.2 Å². The molecule has 0 aromatic heterocycles. The fraction of sp³-hybridized carbons (Fsp3) is 0.300. The van der Waals surface area contributed by atoms with E-state index in [4.69, 9.17) is 24.0 Å². The smallest absolute Gasteiger partial charge is 0.262 e. The molecule has 9 nitrogen and oxygen atoms in total. The molecule has 10 heteroatoms. The van der Waals surface area contributed by atoms with Crippen LogP contribution in [-0.2, 0) is 9.53 Å². The fourth-order valence-corrected chi connectivity index (χ4v) is 4.51. The van der Waals surface area contributed by atoms with E-state index in [1.54, 1.807) is 33.5 Å². The van der Waals surface area contributed by atoms with Gasteiger partial charge in [-0.05, 0) is 59.7 Å². The minimum absolute atomic E-state index is 0.0966. The van der Waals surface area contributed by atoms with Gasteiger partial charge in [-0.1, -0.05) is 18.2 Å². The van der Waals surface area contributed by atoms with Crippen LogP contribution in [0.25, 0.3) is 0 Å². The Bertz CT molecular complexity index is 1380. The molecule has 0 fully saturated rings. The first-order valence-corrected chi connectivity index (χ1v) is 12.7. The zero-order chi connectivity index (χ0) is 28.6. The number of halogens is 1. The number of carbonyl (C=O) groups is 2. The number of methoxy groups -OCH3 is 4. The van der Waals surface area contributed by atoms with Crippen LogP contribution in [0.2, 0.25) is 0 Å². The highest BCUT2D eigenvalue weighted by atomic mass is 19.1. The summed E-state index contributed by atoms with van der Waals surface area (Å²) in [5.41, 5.74) is 2.19. The molecule has 0 radical (unpaired) electrons. The van der Waals surface area contributed by atoms with Crippen molar-refractivity contribution >= 4 is 17.5 Å². The molecule has 210 valence electrons. The van der Waals surface area contributed by atoms with E-state index >= 15 is 0 Å². The third-order valence-electron chi connectivity index (χ3n) is 6.66. The van der Waals surface area contributed by atoms with Crippen LogP contribution in [0.4, 0.5) is 4.39 Å². The SMILES string of the molecule is COCCN(CC(=O)N1N=C(c2ccc(OC)cc2)CC1c1ccc(OC)c(OC)c1)C(=O)c1ccccc1F. The van der Waals surface area contributed by atoms with Crippen molar-refractivity contribution in [2.75, 3.05) is 48.1 Å². The van der Waals surface area contributed by atoms with E-state index in [2.05, 4.69) is 0 Å². The summed E-state index contributed by atoms with van der Waals surface area (Å²) in [5, 5.41) is 6.08. The molecule has 1 atom stereocenters. The Kier molecular flexibility index (Phi) is 9.34. The van der Waals surface area contributed by atoms with Gasteiger partial charge < -0.3 is 23.8 Å². The minimum atomic E-state index is -0.661. The number of carbonyl (C=O) groups excluding carboxylic acids is 2. The molecule has 0 saturated carbocycles. The maximum absolute atomic E-state index is 14.4. The Morgan fingerprint density at radius 2 is 1.68 bits per heavy atom. The van der Waals surface area contributed by atoms with Gasteiger partial charge in [-0.15, -0.1) is 0 Å². The summed E-state index contributed by atoms with van der Waals surface area (Å²) in [4.78, 5) is 28.3. The highest BCUT2D eigenvalue weighted by Gasteiger charge is 2.35. The Morgan fingerprint density at radius 3 is 2.33 bits per heavy atom. The molecular weight excluding hydrogens is 517 g/mol. The second kappa shape index (κ2) is 13.1.